The van der Waals surface area contributed by atoms with E-state index >= 15 is 0 Å². The van der Waals surface area contributed by atoms with Crippen LogP contribution < -0.4 is 5.56 Å². The van der Waals surface area contributed by atoms with Gasteiger partial charge in [-0.05, 0) is 0 Å². The molecule has 0 aliphatic carbocycles. The first kappa shape index (κ1) is 7.36. The summed E-state index contributed by atoms with van der Waals surface area (Å²) in [6, 6.07) is 1.62. The molecular formula is C7H6ClN3O. The molecule has 1 N–H and O–H groups in total. The Morgan fingerprint density at radius 3 is 3.17 bits per heavy atom. The number of aromatic nitrogens is 3. The normalized spacial score (nSPS) is 10.8. The Hall–Kier alpha value is -1.29. The summed E-state index contributed by atoms with van der Waals surface area (Å²) < 4.78 is 1.39. The van der Waals surface area contributed by atoms with E-state index in [-0.39, 0.29) is 5.56 Å². The molecule has 0 spiro atoms. The number of rotatable bonds is 0. The summed E-state index contributed by atoms with van der Waals surface area (Å²) in [5.74, 6) is 0. The highest BCUT2D eigenvalue weighted by Crippen LogP contribution is 2.10. The summed E-state index contributed by atoms with van der Waals surface area (Å²) in [5, 5.41) is 3.78. The third-order valence-electron chi connectivity index (χ3n) is 1.69. The van der Waals surface area contributed by atoms with Gasteiger partial charge < -0.3 is 0 Å². The van der Waals surface area contributed by atoms with E-state index in [9.17, 15) is 4.79 Å². The first-order chi connectivity index (χ1) is 5.68. The van der Waals surface area contributed by atoms with Gasteiger partial charge in [0, 0.05) is 19.3 Å². The standard InChI is InChI=1S/C7H6ClN3O/c1-11-7(12)4-3-9-6(8)2-5(4)10-11/h2-3,10H,1H3. The minimum Gasteiger partial charge on any atom is -0.295 e. The summed E-state index contributed by atoms with van der Waals surface area (Å²) in [5.41, 5.74) is 0.622. The van der Waals surface area contributed by atoms with Crippen LogP contribution in [-0.2, 0) is 7.05 Å². The molecule has 2 heterocycles. The number of nitrogens with one attached hydrogen (secondary N) is 1. The van der Waals surface area contributed by atoms with Crippen molar-refractivity contribution >= 4 is 22.5 Å². The van der Waals surface area contributed by atoms with Crippen LogP contribution in [0.15, 0.2) is 17.1 Å². The molecule has 0 saturated heterocycles. The highest BCUT2D eigenvalue weighted by Gasteiger charge is 2.03. The molecule has 0 atom stereocenters. The van der Waals surface area contributed by atoms with Crippen molar-refractivity contribution in [2.75, 3.05) is 0 Å². The van der Waals surface area contributed by atoms with Gasteiger partial charge in [-0.1, -0.05) is 11.6 Å². The van der Waals surface area contributed by atoms with Crippen molar-refractivity contribution in [3.05, 3.63) is 27.8 Å². The van der Waals surface area contributed by atoms with E-state index in [2.05, 4.69) is 10.1 Å². The monoisotopic (exact) mass is 183 g/mol. The van der Waals surface area contributed by atoms with Crippen LogP contribution in [0.2, 0.25) is 5.15 Å². The zero-order valence-electron chi connectivity index (χ0n) is 6.34. The highest BCUT2D eigenvalue weighted by molar-refractivity contribution is 6.29. The van der Waals surface area contributed by atoms with Crippen molar-refractivity contribution in [1.29, 1.82) is 0 Å². The van der Waals surface area contributed by atoms with Gasteiger partial charge >= 0.3 is 0 Å². The number of halogens is 1. The van der Waals surface area contributed by atoms with Crippen LogP contribution in [0, 0.1) is 0 Å². The van der Waals surface area contributed by atoms with Crippen LogP contribution >= 0.6 is 11.6 Å². The maximum Gasteiger partial charge on any atom is 0.275 e. The number of aryl methyl sites for hydroxylation is 1. The molecular weight excluding hydrogens is 178 g/mol. The lowest BCUT2D eigenvalue weighted by molar-refractivity contribution is 0.751. The number of hydrogen-bond donors (Lipinski definition) is 1. The van der Waals surface area contributed by atoms with Gasteiger partial charge in [-0.2, -0.15) is 0 Å². The average molecular weight is 184 g/mol. The molecule has 2 rings (SSSR count). The average Bonchev–Trinajstić information content (AvgIpc) is 2.28. The van der Waals surface area contributed by atoms with Gasteiger partial charge in [-0.15, -0.1) is 0 Å². The zero-order valence-corrected chi connectivity index (χ0v) is 7.09. The van der Waals surface area contributed by atoms with Crippen molar-refractivity contribution in [1.82, 2.24) is 14.8 Å². The molecule has 0 fully saturated rings. The van der Waals surface area contributed by atoms with Crippen LogP contribution in [0.5, 0.6) is 0 Å². The van der Waals surface area contributed by atoms with Gasteiger partial charge in [0.2, 0.25) is 0 Å². The van der Waals surface area contributed by atoms with Crippen LogP contribution in [0.25, 0.3) is 10.9 Å². The third-order valence-corrected chi connectivity index (χ3v) is 1.90. The molecule has 0 aliphatic rings. The van der Waals surface area contributed by atoms with Gasteiger partial charge in [0.25, 0.3) is 5.56 Å². The van der Waals surface area contributed by atoms with E-state index in [1.54, 1.807) is 13.1 Å². The van der Waals surface area contributed by atoms with E-state index in [1.165, 1.54) is 10.9 Å². The Morgan fingerprint density at radius 2 is 2.42 bits per heavy atom. The largest absolute Gasteiger partial charge is 0.295 e. The topological polar surface area (TPSA) is 50.7 Å². The first-order valence-corrected chi connectivity index (χ1v) is 3.76. The van der Waals surface area contributed by atoms with Crippen molar-refractivity contribution in [3.8, 4) is 0 Å². The number of H-pyrrole nitrogens is 1. The van der Waals surface area contributed by atoms with Gasteiger partial charge in [-0.25, -0.2) is 4.98 Å². The smallest absolute Gasteiger partial charge is 0.275 e. The van der Waals surface area contributed by atoms with E-state index in [0.29, 0.717) is 16.1 Å². The van der Waals surface area contributed by atoms with Crippen molar-refractivity contribution in [2.24, 2.45) is 7.05 Å². The fraction of sp³-hybridized carbons (Fsp3) is 0.143. The van der Waals surface area contributed by atoms with Crippen LogP contribution in [0.3, 0.4) is 0 Å². The number of hydrogen-bond acceptors (Lipinski definition) is 2. The molecule has 0 saturated carbocycles. The molecule has 0 unspecified atom stereocenters. The molecule has 0 aromatic carbocycles. The fourth-order valence-electron chi connectivity index (χ4n) is 1.10. The lowest BCUT2D eigenvalue weighted by Crippen LogP contribution is -2.11. The highest BCUT2D eigenvalue weighted by atomic mass is 35.5. The lowest BCUT2D eigenvalue weighted by Gasteiger charge is -1.86. The maximum absolute atomic E-state index is 11.3. The molecule has 5 heteroatoms. The molecule has 2 aromatic rings. The Kier molecular flexibility index (Phi) is 1.44. The number of pyridine rings is 1. The molecule has 0 bridgehead atoms. The molecule has 0 radical (unpaired) electrons. The van der Waals surface area contributed by atoms with E-state index in [1.807, 2.05) is 0 Å². The molecule has 12 heavy (non-hydrogen) atoms. The minimum atomic E-state index is -0.0887. The second-order valence-electron chi connectivity index (χ2n) is 2.53. The van der Waals surface area contributed by atoms with Crippen molar-refractivity contribution in [3.63, 3.8) is 0 Å². The van der Waals surface area contributed by atoms with E-state index < -0.39 is 0 Å². The molecule has 0 amide bonds. The minimum absolute atomic E-state index is 0.0887. The zero-order chi connectivity index (χ0) is 8.72. The second-order valence-corrected chi connectivity index (χ2v) is 2.92. The molecule has 4 nitrogen and oxygen atoms in total. The Balaban J connectivity index is 2.97. The van der Waals surface area contributed by atoms with Crippen LogP contribution in [0.4, 0.5) is 0 Å². The molecule has 2 aromatic heterocycles. The summed E-state index contributed by atoms with van der Waals surface area (Å²) in [6.45, 7) is 0. The number of fused-ring (bicyclic) bond motifs is 1. The Labute approximate surface area is 72.8 Å². The van der Waals surface area contributed by atoms with Crippen LogP contribution in [-0.4, -0.2) is 14.8 Å². The summed E-state index contributed by atoms with van der Waals surface area (Å²) >= 11 is 5.64. The lowest BCUT2D eigenvalue weighted by atomic mass is 10.3. The SMILES string of the molecule is Cn1[nH]c2cc(Cl)ncc2c1=O. The summed E-state index contributed by atoms with van der Waals surface area (Å²) in [6.07, 6.45) is 1.47. The predicted molar refractivity (Wildman–Crippen MR) is 46.3 cm³/mol. The third kappa shape index (κ3) is 0.921. The second kappa shape index (κ2) is 2.35. The van der Waals surface area contributed by atoms with Gasteiger partial charge in [0.15, 0.2) is 0 Å². The van der Waals surface area contributed by atoms with Crippen molar-refractivity contribution in [2.45, 2.75) is 0 Å². The van der Waals surface area contributed by atoms with E-state index in [0.717, 1.165) is 0 Å². The Bertz CT molecular complexity index is 485. The van der Waals surface area contributed by atoms with Crippen LogP contribution in [0.1, 0.15) is 0 Å². The number of aromatic amines is 1. The van der Waals surface area contributed by atoms with Crippen molar-refractivity contribution < 1.29 is 0 Å². The van der Waals surface area contributed by atoms with Gasteiger partial charge in [0.1, 0.15) is 5.15 Å². The predicted octanol–water partition coefficient (Wildman–Crippen LogP) is 0.915. The summed E-state index contributed by atoms with van der Waals surface area (Å²) in [4.78, 5) is 15.1. The molecule has 62 valence electrons. The van der Waals surface area contributed by atoms with Gasteiger partial charge in [0.05, 0.1) is 10.9 Å². The van der Waals surface area contributed by atoms with Gasteiger partial charge in [-0.3, -0.25) is 14.6 Å². The fourth-order valence-corrected chi connectivity index (χ4v) is 1.26. The number of nitrogens with zero attached hydrogens (tertiary/aromatic N) is 2. The van der Waals surface area contributed by atoms with E-state index in [4.69, 9.17) is 11.6 Å². The Morgan fingerprint density at radius 1 is 1.67 bits per heavy atom. The first-order valence-electron chi connectivity index (χ1n) is 3.39. The molecule has 0 aliphatic heterocycles. The summed E-state index contributed by atoms with van der Waals surface area (Å²) in [7, 11) is 1.65. The maximum atomic E-state index is 11.3. The quantitative estimate of drug-likeness (QED) is 0.618.